The zero-order chi connectivity index (χ0) is 23.8. The number of hydrogen-bond acceptors (Lipinski definition) is 8. The predicted molar refractivity (Wildman–Crippen MR) is 127 cm³/mol. The van der Waals surface area contributed by atoms with Gasteiger partial charge in [0.05, 0.1) is 32.3 Å². The van der Waals surface area contributed by atoms with Crippen LogP contribution in [0.1, 0.15) is 34.6 Å². The van der Waals surface area contributed by atoms with Crippen LogP contribution >= 0.6 is 0 Å². The second kappa shape index (κ2) is 9.02. The van der Waals surface area contributed by atoms with Gasteiger partial charge in [-0.1, -0.05) is 11.6 Å². The Bertz CT molecular complexity index is 1250. The van der Waals surface area contributed by atoms with E-state index in [1.165, 1.54) is 7.11 Å². The summed E-state index contributed by atoms with van der Waals surface area (Å²) in [6, 6.07) is 9.59. The Balaban J connectivity index is 1.74. The van der Waals surface area contributed by atoms with Crippen LogP contribution in [-0.4, -0.2) is 56.3 Å². The van der Waals surface area contributed by atoms with E-state index in [0.717, 1.165) is 33.4 Å². The Morgan fingerprint density at radius 3 is 2.56 bits per heavy atom. The van der Waals surface area contributed by atoms with Gasteiger partial charge in [0.25, 0.3) is 0 Å². The quantitative estimate of drug-likeness (QED) is 0.570. The number of phenolic OH excluding ortho intramolecular Hbond substituents is 1. The summed E-state index contributed by atoms with van der Waals surface area (Å²) in [7, 11) is 1.37. The minimum atomic E-state index is -0.502. The number of hydrogen-bond donors (Lipinski definition) is 1. The fourth-order valence-corrected chi connectivity index (χ4v) is 4.81. The van der Waals surface area contributed by atoms with Crippen LogP contribution in [0.25, 0.3) is 10.9 Å². The average Bonchev–Trinajstić information content (AvgIpc) is 3.29. The number of phenols is 1. The summed E-state index contributed by atoms with van der Waals surface area (Å²) in [5, 5.41) is 11.9. The first-order valence-electron chi connectivity index (χ1n) is 11.4. The Hall–Kier alpha value is -3.52. The number of aromatic nitrogens is 1. The topological polar surface area (TPSA) is 90.4 Å². The minimum Gasteiger partial charge on any atom is -0.508 e. The van der Waals surface area contributed by atoms with Gasteiger partial charge in [0, 0.05) is 41.6 Å². The number of carbonyl (C=O) groups excluding carboxylic acids is 1. The molecule has 0 saturated carbocycles. The zero-order valence-electron chi connectivity index (χ0n) is 19.6. The molecule has 8 heteroatoms. The van der Waals surface area contributed by atoms with Crippen LogP contribution in [0.3, 0.4) is 0 Å². The highest BCUT2D eigenvalue weighted by molar-refractivity contribution is 5.86. The van der Waals surface area contributed by atoms with Crippen molar-refractivity contribution in [1.82, 2.24) is 4.98 Å². The largest absolute Gasteiger partial charge is 0.508 e. The van der Waals surface area contributed by atoms with Crippen molar-refractivity contribution in [2.24, 2.45) is 0 Å². The van der Waals surface area contributed by atoms with Gasteiger partial charge in [0.2, 0.25) is 6.79 Å². The number of esters is 1. The number of fused-ring (bicyclic) bond motifs is 2. The zero-order valence-corrected chi connectivity index (χ0v) is 19.6. The number of rotatable bonds is 5. The smallest absolute Gasteiger partial charge is 0.306 e. The number of nitrogens with zero attached hydrogens (tertiary/aromatic N) is 2. The van der Waals surface area contributed by atoms with E-state index < -0.39 is 5.92 Å². The molecule has 34 heavy (non-hydrogen) atoms. The number of ether oxygens (including phenoxy) is 4. The molecular formula is C26H28N2O6. The van der Waals surface area contributed by atoms with E-state index in [9.17, 15) is 9.90 Å². The molecule has 2 aliphatic rings. The molecule has 3 heterocycles. The summed E-state index contributed by atoms with van der Waals surface area (Å²) in [5.41, 5.74) is 4.55. The molecule has 1 atom stereocenters. The van der Waals surface area contributed by atoms with Crippen LogP contribution < -0.4 is 14.4 Å². The highest BCUT2D eigenvalue weighted by Gasteiger charge is 2.30. The predicted octanol–water partition coefficient (Wildman–Crippen LogP) is 3.82. The molecule has 2 aliphatic heterocycles. The van der Waals surface area contributed by atoms with Crippen LogP contribution in [0, 0.1) is 13.8 Å². The fraction of sp³-hybridized carbons (Fsp3) is 0.385. The van der Waals surface area contributed by atoms with Crippen LogP contribution in [0.15, 0.2) is 30.3 Å². The summed E-state index contributed by atoms with van der Waals surface area (Å²) in [4.78, 5) is 19.8. The maximum absolute atomic E-state index is 12.6. The molecule has 0 spiro atoms. The molecule has 5 rings (SSSR count). The number of morpholine rings is 1. The normalized spacial score (nSPS) is 16.0. The summed E-state index contributed by atoms with van der Waals surface area (Å²) < 4.78 is 21.6. The van der Waals surface area contributed by atoms with E-state index >= 15 is 0 Å². The van der Waals surface area contributed by atoms with Crippen LogP contribution in [0.4, 0.5) is 5.82 Å². The third-order valence-electron chi connectivity index (χ3n) is 6.44. The summed E-state index contributed by atoms with van der Waals surface area (Å²) in [6.07, 6.45) is 0.0407. The molecule has 0 unspecified atom stereocenters. The molecule has 1 fully saturated rings. The van der Waals surface area contributed by atoms with Crippen molar-refractivity contribution in [3.63, 3.8) is 0 Å². The van der Waals surface area contributed by atoms with Crippen molar-refractivity contribution < 1.29 is 28.8 Å². The Morgan fingerprint density at radius 1 is 1.09 bits per heavy atom. The van der Waals surface area contributed by atoms with Crippen LogP contribution in [0.2, 0.25) is 0 Å². The van der Waals surface area contributed by atoms with Crippen molar-refractivity contribution in [2.75, 3.05) is 45.1 Å². The SMILES string of the molecule is COC(=O)C[C@@H](c1cc2c(cc1O)OCO2)c1cc2cc(C)cc(C)c2nc1N1CCOCC1. The first kappa shape index (κ1) is 22.3. The number of aryl methyl sites for hydroxylation is 2. The third kappa shape index (κ3) is 4.09. The maximum atomic E-state index is 12.6. The van der Waals surface area contributed by atoms with Gasteiger partial charge >= 0.3 is 5.97 Å². The van der Waals surface area contributed by atoms with Gasteiger partial charge in [-0.15, -0.1) is 0 Å². The number of aromatic hydroxyl groups is 1. The molecular weight excluding hydrogens is 436 g/mol. The lowest BCUT2D eigenvalue weighted by Gasteiger charge is -2.32. The molecule has 0 radical (unpaired) electrons. The van der Waals surface area contributed by atoms with E-state index in [4.69, 9.17) is 23.9 Å². The standard InChI is InChI=1S/C26H28N2O6/c1-15-8-16(2)25-17(9-15)10-20(26(27-25)28-4-6-32-7-5-28)18(12-24(30)31-3)19-11-22-23(13-21(19)29)34-14-33-22/h8-11,13,18,29H,4-7,12,14H2,1-3H3/t18-/m0/s1. The summed E-state index contributed by atoms with van der Waals surface area (Å²) in [6.45, 7) is 6.78. The molecule has 1 aromatic heterocycles. The van der Waals surface area contributed by atoms with E-state index in [2.05, 4.69) is 36.9 Å². The average molecular weight is 465 g/mol. The first-order chi connectivity index (χ1) is 16.4. The Kier molecular flexibility index (Phi) is 5.91. The van der Waals surface area contributed by atoms with Crippen molar-refractivity contribution in [1.29, 1.82) is 0 Å². The maximum Gasteiger partial charge on any atom is 0.306 e. The number of pyridine rings is 1. The molecule has 1 N–H and O–H groups in total. The second-order valence-corrected chi connectivity index (χ2v) is 8.75. The highest BCUT2D eigenvalue weighted by Crippen LogP contribution is 2.45. The lowest BCUT2D eigenvalue weighted by Crippen LogP contribution is -2.37. The van der Waals surface area contributed by atoms with Gasteiger partial charge in [0.15, 0.2) is 11.5 Å². The van der Waals surface area contributed by atoms with Crippen molar-refractivity contribution >= 4 is 22.7 Å². The number of benzene rings is 2. The van der Waals surface area contributed by atoms with Crippen LogP contribution in [0.5, 0.6) is 17.2 Å². The molecule has 0 bridgehead atoms. The fourth-order valence-electron chi connectivity index (χ4n) is 4.81. The molecule has 8 nitrogen and oxygen atoms in total. The monoisotopic (exact) mass is 464 g/mol. The number of carbonyl (C=O) groups is 1. The van der Waals surface area contributed by atoms with Crippen molar-refractivity contribution in [2.45, 2.75) is 26.2 Å². The lowest BCUT2D eigenvalue weighted by molar-refractivity contribution is -0.140. The second-order valence-electron chi connectivity index (χ2n) is 8.75. The van der Waals surface area contributed by atoms with Gasteiger partial charge in [-0.2, -0.15) is 0 Å². The molecule has 1 saturated heterocycles. The number of anilines is 1. The summed E-state index contributed by atoms with van der Waals surface area (Å²) >= 11 is 0. The minimum absolute atomic E-state index is 0.0339. The van der Waals surface area contributed by atoms with Gasteiger partial charge in [-0.25, -0.2) is 4.98 Å². The van der Waals surface area contributed by atoms with E-state index in [-0.39, 0.29) is 24.9 Å². The van der Waals surface area contributed by atoms with Gasteiger partial charge in [-0.3, -0.25) is 4.79 Å². The molecule has 0 aliphatic carbocycles. The molecule has 2 aromatic carbocycles. The lowest BCUT2D eigenvalue weighted by atomic mass is 9.86. The van der Waals surface area contributed by atoms with E-state index in [0.29, 0.717) is 43.4 Å². The first-order valence-corrected chi connectivity index (χ1v) is 11.4. The van der Waals surface area contributed by atoms with Gasteiger partial charge in [-0.05, 0) is 37.6 Å². The third-order valence-corrected chi connectivity index (χ3v) is 6.44. The van der Waals surface area contributed by atoms with Gasteiger partial charge < -0.3 is 29.0 Å². The molecule has 3 aromatic rings. The van der Waals surface area contributed by atoms with Crippen molar-refractivity contribution in [3.8, 4) is 17.2 Å². The molecule has 178 valence electrons. The van der Waals surface area contributed by atoms with E-state index in [1.54, 1.807) is 12.1 Å². The van der Waals surface area contributed by atoms with Gasteiger partial charge in [0.1, 0.15) is 11.6 Å². The Labute approximate surface area is 198 Å². The van der Waals surface area contributed by atoms with Crippen LogP contribution in [-0.2, 0) is 14.3 Å². The molecule has 0 amide bonds. The highest BCUT2D eigenvalue weighted by atomic mass is 16.7. The Morgan fingerprint density at radius 2 is 1.82 bits per heavy atom. The van der Waals surface area contributed by atoms with E-state index in [1.807, 2.05) is 0 Å². The number of methoxy groups -OCH3 is 1. The summed E-state index contributed by atoms with van der Waals surface area (Å²) in [5.74, 6) is 0.957. The van der Waals surface area contributed by atoms with Crippen molar-refractivity contribution in [3.05, 3.63) is 52.6 Å².